The third kappa shape index (κ3) is 3.75. The van der Waals surface area contributed by atoms with E-state index in [-0.39, 0.29) is 11.3 Å². The molecule has 108 valence electrons. The number of anilines is 1. The second kappa shape index (κ2) is 6.00. The summed E-state index contributed by atoms with van der Waals surface area (Å²) in [4.78, 5) is 22.3. The van der Waals surface area contributed by atoms with Crippen molar-refractivity contribution in [3.63, 3.8) is 0 Å². The minimum Gasteiger partial charge on any atom is -0.478 e. The lowest BCUT2D eigenvalue weighted by Crippen LogP contribution is -2.10. The molecule has 0 unspecified atom stereocenters. The Bertz CT molecular complexity index is 722. The summed E-state index contributed by atoms with van der Waals surface area (Å²) in [5, 5.41) is 15.0. The van der Waals surface area contributed by atoms with Crippen molar-refractivity contribution in [2.24, 2.45) is 7.05 Å². The molecular formula is C14H12FN3O3. The number of aromatic nitrogens is 2. The largest absolute Gasteiger partial charge is 0.478 e. The summed E-state index contributed by atoms with van der Waals surface area (Å²) >= 11 is 0. The molecule has 0 bridgehead atoms. The Balaban J connectivity index is 2.06. The Hall–Kier alpha value is -2.96. The number of halogens is 1. The van der Waals surface area contributed by atoms with Crippen LogP contribution in [0.5, 0.6) is 0 Å². The highest BCUT2D eigenvalue weighted by molar-refractivity contribution is 6.02. The highest BCUT2D eigenvalue weighted by atomic mass is 19.1. The molecule has 21 heavy (non-hydrogen) atoms. The standard InChI is InChI=1S/C14H12FN3O3/c1-18-8-9(7-16-18)2-5-13(19)17-12-4-3-10(14(20)21)6-11(12)15/h2-8H,1H3,(H,17,19)(H,20,21). The number of carboxylic acids is 1. The molecule has 0 spiro atoms. The molecular weight excluding hydrogens is 277 g/mol. The number of aryl methyl sites for hydroxylation is 1. The van der Waals surface area contributed by atoms with Crippen LogP contribution < -0.4 is 5.32 Å². The fourth-order valence-electron chi connectivity index (χ4n) is 1.62. The van der Waals surface area contributed by atoms with Gasteiger partial charge in [-0.2, -0.15) is 5.10 Å². The zero-order valence-corrected chi connectivity index (χ0v) is 11.1. The van der Waals surface area contributed by atoms with Crippen LogP contribution in [0.25, 0.3) is 6.08 Å². The average Bonchev–Trinajstić information content (AvgIpc) is 2.84. The summed E-state index contributed by atoms with van der Waals surface area (Å²) in [5.74, 6) is -2.57. The molecule has 1 aromatic heterocycles. The molecule has 1 aromatic carbocycles. The van der Waals surface area contributed by atoms with Crippen molar-refractivity contribution in [1.29, 1.82) is 0 Å². The van der Waals surface area contributed by atoms with Crippen LogP contribution in [0.1, 0.15) is 15.9 Å². The first-order chi connectivity index (χ1) is 9.95. The summed E-state index contributed by atoms with van der Waals surface area (Å²) in [7, 11) is 1.75. The first-order valence-corrected chi connectivity index (χ1v) is 5.96. The predicted molar refractivity (Wildman–Crippen MR) is 74.2 cm³/mol. The maximum Gasteiger partial charge on any atom is 0.335 e. The molecule has 2 N–H and O–H groups in total. The van der Waals surface area contributed by atoms with E-state index in [1.165, 1.54) is 24.3 Å². The van der Waals surface area contributed by atoms with Gasteiger partial charge in [-0.05, 0) is 24.3 Å². The molecule has 0 aliphatic carbocycles. The second-order valence-electron chi connectivity index (χ2n) is 4.27. The Morgan fingerprint density at radius 2 is 2.19 bits per heavy atom. The molecule has 7 heteroatoms. The van der Waals surface area contributed by atoms with Crippen LogP contribution in [-0.2, 0) is 11.8 Å². The third-order valence-corrected chi connectivity index (χ3v) is 2.63. The van der Waals surface area contributed by atoms with Crippen molar-refractivity contribution in [3.8, 4) is 0 Å². The van der Waals surface area contributed by atoms with E-state index in [2.05, 4.69) is 10.4 Å². The van der Waals surface area contributed by atoms with Crippen molar-refractivity contribution < 1.29 is 19.1 Å². The van der Waals surface area contributed by atoms with Gasteiger partial charge < -0.3 is 10.4 Å². The van der Waals surface area contributed by atoms with Crippen LogP contribution >= 0.6 is 0 Å². The normalized spacial score (nSPS) is 10.8. The van der Waals surface area contributed by atoms with E-state index in [0.29, 0.717) is 0 Å². The van der Waals surface area contributed by atoms with Crippen molar-refractivity contribution in [3.05, 3.63) is 53.6 Å². The highest BCUT2D eigenvalue weighted by Gasteiger charge is 2.09. The monoisotopic (exact) mass is 289 g/mol. The number of aromatic carboxylic acids is 1. The van der Waals surface area contributed by atoms with Crippen LogP contribution in [0.4, 0.5) is 10.1 Å². The SMILES string of the molecule is Cn1cc(C=CC(=O)Nc2ccc(C(=O)O)cc2F)cn1. The van der Waals surface area contributed by atoms with Gasteiger partial charge in [0.15, 0.2) is 0 Å². The van der Waals surface area contributed by atoms with Gasteiger partial charge in [0, 0.05) is 24.9 Å². The van der Waals surface area contributed by atoms with E-state index in [1.807, 2.05) is 0 Å². The van der Waals surface area contributed by atoms with E-state index in [4.69, 9.17) is 5.11 Å². The van der Waals surface area contributed by atoms with E-state index in [9.17, 15) is 14.0 Å². The maximum absolute atomic E-state index is 13.6. The zero-order valence-electron chi connectivity index (χ0n) is 11.1. The number of nitrogens with one attached hydrogen (secondary N) is 1. The molecule has 6 nitrogen and oxygen atoms in total. The summed E-state index contributed by atoms with van der Waals surface area (Å²) in [6.45, 7) is 0. The number of carboxylic acid groups (broad SMARTS) is 1. The minimum atomic E-state index is -1.23. The molecule has 0 saturated carbocycles. The van der Waals surface area contributed by atoms with Gasteiger partial charge in [0.1, 0.15) is 5.82 Å². The Kier molecular flexibility index (Phi) is 4.13. The summed E-state index contributed by atoms with van der Waals surface area (Å²) in [6, 6.07) is 3.27. The lowest BCUT2D eigenvalue weighted by atomic mass is 10.2. The number of carbonyl (C=O) groups is 2. The number of carbonyl (C=O) groups excluding carboxylic acids is 1. The first kappa shape index (κ1) is 14.4. The first-order valence-electron chi connectivity index (χ1n) is 5.96. The van der Waals surface area contributed by atoms with Gasteiger partial charge in [-0.1, -0.05) is 0 Å². The molecule has 2 rings (SSSR count). The molecule has 0 fully saturated rings. The van der Waals surface area contributed by atoms with Gasteiger partial charge in [-0.3, -0.25) is 9.48 Å². The summed E-state index contributed by atoms with van der Waals surface area (Å²) in [6.07, 6.45) is 6.06. The van der Waals surface area contributed by atoms with Crippen LogP contribution in [0, 0.1) is 5.82 Å². The van der Waals surface area contributed by atoms with Gasteiger partial charge in [0.25, 0.3) is 0 Å². The lowest BCUT2D eigenvalue weighted by Gasteiger charge is -2.04. The van der Waals surface area contributed by atoms with Gasteiger partial charge in [-0.25, -0.2) is 9.18 Å². The Morgan fingerprint density at radius 3 is 2.76 bits per heavy atom. The number of rotatable bonds is 4. The molecule has 0 aliphatic heterocycles. The molecule has 0 atom stereocenters. The third-order valence-electron chi connectivity index (χ3n) is 2.63. The predicted octanol–water partition coefficient (Wildman–Crippen LogP) is 1.91. The van der Waals surface area contributed by atoms with Gasteiger partial charge in [0.2, 0.25) is 5.91 Å². The number of benzene rings is 1. The lowest BCUT2D eigenvalue weighted by molar-refractivity contribution is -0.111. The number of hydrogen-bond donors (Lipinski definition) is 2. The molecule has 2 aromatic rings. The number of amides is 1. The van der Waals surface area contributed by atoms with E-state index in [1.54, 1.807) is 24.1 Å². The Morgan fingerprint density at radius 1 is 1.43 bits per heavy atom. The number of hydrogen-bond acceptors (Lipinski definition) is 3. The Labute approximate surface area is 119 Å². The van der Waals surface area contributed by atoms with Crippen LogP contribution in [-0.4, -0.2) is 26.8 Å². The zero-order chi connectivity index (χ0) is 15.4. The van der Waals surface area contributed by atoms with Crippen LogP contribution in [0.15, 0.2) is 36.7 Å². The smallest absolute Gasteiger partial charge is 0.335 e. The van der Waals surface area contributed by atoms with Crippen molar-refractivity contribution in [2.45, 2.75) is 0 Å². The molecule has 0 radical (unpaired) electrons. The van der Waals surface area contributed by atoms with Gasteiger partial charge >= 0.3 is 5.97 Å². The van der Waals surface area contributed by atoms with Crippen LogP contribution in [0.2, 0.25) is 0 Å². The van der Waals surface area contributed by atoms with E-state index in [0.717, 1.165) is 11.6 Å². The second-order valence-corrected chi connectivity index (χ2v) is 4.27. The molecule has 1 heterocycles. The van der Waals surface area contributed by atoms with Crippen molar-refractivity contribution in [1.82, 2.24) is 9.78 Å². The van der Waals surface area contributed by atoms with Crippen molar-refractivity contribution in [2.75, 3.05) is 5.32 Å². The fraction of sp³-hybridized carbons (Fsp3) is 0.0714. The van der Waals surface area contributed by atoms with Gasteiger partial charge in [0.05, 0.1) is 17.4 Å². The van der Waals surface area contributed by atoms with E-state index >= 15 is 0 Å². The molecule has 1 amide bonds. The summed E-state index contributed by atoms with van der Waals surface area (Å²) in [5.41, 5.74) is 0.464. The molecule has 0 saturated heterocycles. The van der Waals surface area contributed by atoms with Gasteiger partial charge in [-0.15, -0.1) is 0 Å². The number of nitrogens with zero attached hydrogens (tertiary/aromatic N) is 2. The topological polar surface area (TPSA) is 84.2 Å². The maximum atomic E-state index is 13.6. The van der Waals surface area contributed by atoms with E-state index < -0.39 is 17.7 Å². The molecule has 0 aliphatic rings. The quantitative estimate of drug-likeness (QED) is 0.842. The summed E-state index contributed by atoms with van der Waals surface area (Å²) < 4.78 is 15.2. The average molecular weight is 289 g/mol. The van der Waals surface area contributed by atoms with Crippen LogP contribution in [0.3, 0.4) is 0 Å². The fourth-order valence-corrected chi connectivity index (χ4v) is 1.62. The minimum absolute atomic E-state index is 0.0826. The highest BCUT2D eigenvalue weighted by Crippen LogP contribution is 2.16. The van der Waals surface area contributed by atoms with Crippen molar-refractivity contribution >= 4 is 23.6 Å².